The predicted molar refractivity (Wildman–Crippen MR) is 64.2 cm³/mol. The zero-order chi connectivity index (χ0) is 11.5. The highest BCUT2D eigenvalue weighted by molar-refractivity contribution is 5.93. The second kappa shape index (κ2) is 4.86. The molecule has 0 aromatic heterocycles. The first-order valence-electron chi connectivity index (χ1n) is 6.29. The number of hydrogen-bond donors (Lipinski definition) is 1. The average Bonchev–Trinajstić information content (AvgIpc) is 2.30. The summed E-state index contributed by atoms with van der Waals surface area (Å²) < 4.78 is 0. The highest BCUT2D eigenvalue weighted by atomic mass is 16.3. The maximum Gasteiger partial charge on any atom is 0.159 e. The summed E-state index contributed by atoms with van der Waals surface area (Å²) in [6.07, 6.45) is 10.8. The standard InChI is InChI=1S/C14H20O2/c1-10(15)12-8-5-9-13(14(12)16)11-6-3-2-4-7-11/h3,6,11,13,16H,2,4-5,7-9H2,1H3. The molecule has 0 fully saturated rings. The molecule has 2 nitrogen and oxygen atoms in total. The lowest BCUT2D eigenvalue weighted by Gasteiger charge is -2.30. The summed E-state index contributed by atoms with van der Waals surface area (Å²) in [7, 11) is 0. The van der Waals surface area contributed by atoms with E-state index in [0.717, 1.165) is 32.1 Å². The Balaban J connectivity index is 2.21. The van der Waals surface area contributed by atoms with Gasteiger partial charge in [0.05, 0.1) is 0 Å². The third-order valence-corrected chi connectivity index (χ3v) is 3.84. The molecule has 0 spiro atoms. The van der Waals surface area contributed by atoms with Gasteiger partial charge in [-0.15, -0.1) is 0 Å². The Morgan fingerprint density at radius 2 is 2.19 bits per heavy atom. The maximum absolute atomic E-state index is 11.4. The molecule has 2 heteroatoms. The molecule has 0 radical (unpaired) electrons. The monoisotopic (exact) mass is 220 g/mol. The van der Waals surface area contributed by atoms with Crippen molar-refractivity contribution in [1.82, 2.24) is 0 Å². The smallest absolute Gasteiger partial charge is 0.159 e. The Labute approximate surface area is 97.0 Å². The predicted octanol–water partition coefficient (Wildman–Crippen LogP) is 3.54. The van der Waals surface area contributed by atoms with Crippen LogP contribution in [0, 0.1) is 11.8 Å². The van der Waals surface area contributed by atoms with E-state index in [4.69, 9.17) is 0 Å². The SMILES string of the molecule is CC(=O)C1=C(O)C(C2C=CCCC2)CCC1. The van der Waals surface area contributed by atoms with Crippen molar-refractivity contribution in [3.63, 3.8) is 0 Å². The number of carbonyl (C=O) groups excluding carboxylic acids is 1. The van der Waals surface area contributed by atoms with Gasteiger partial charge in [0, 0.05) is 11.5 Å². The van der Waals surface area contributed by atoms with E-state index in [0.29, 0.717) is 17.3 Å². The van der Waals surface area contributed by atoms with E-state index in [-0.39, 0.29) is 11.7 Å². The quantitative estimate of drug-likeness (QED) is 0.723. The number of allylic oxidation sites excluding steroid dienone is 4. The second-order valence-electron chi connectivity index (χ2n) is 4.94. The van der Waals surface area contributed by atoms with Crippen LogP contribution >= 0.6 is 0 Å². The molecular weight excluding hydrogens is 200 g/mol. The van der Waals surface area contributed by atoms with Crippen LogP contribution < -0.4 is 0 Å². The lowest BCUT2D eigenvalue weighted by atomic mass is 9.76. The van der Waals surface area contributed by atoms with Crippen LogP contribution in [0.1, 0.15) is 45.4 Å². The largest absolute Gasteiger partial charge is 0.512 e. The van der Waals surface area contributed by atoms with Gasteiger partial charge < -0.3 is 5.11 Å². The van der Waals surface area contributed by atoms with Crippen molar-refractivity contribution in [1.29, 1.82) is 0 Å². The number of ketones is 1. The van der Waals surface area contributed by atoms with Crippen LogP contribution in [-0.4, -0.2) is 10.9 Å². The van der Waals surface area contributed by atoms with Crippen LogP contribution in [0.25, 0.3) is 0 Å². The fourth-order valence-corrected chi connectivity index (χ4v) is 2.93. The van der Waals surface area contributed by atoms with E-state index in [2.05, 4.69) is 12.2 Å². The van der Waals surface area contributed by atoms with E-state index in [1.165, 1.54) is 6.42 Å². The Hall–Kier alpha value is -1.05. The molecule has 2 aliphatic rings. The van der Waals surface area contributed by atoms with E-state index < -0.39 is 0 Å². The van der Waals surface area contributed by atoms with Gasteiger partial charge in [-0.1, -0.05) is 12.2 Å². The average molecular weight is 220 g/mol. The van der Waals surface area contributed by atoms with Crippen LogP contribution in [0.5, 0.6) is 0 Å². The minimum Gasteiger partial charge on any atom is -0.512 e. The molecule has 2 atom stereocenters. The number of aliphatic hydroxyl groups excluding tert-OH is 1. The molecule has 0 aliphatic heterocycles. The fourth-order valence-electron chi connectivity index (χ4n) is 2.93. The molecule has 1 N–H and O–H groups in total. The molecule has 88 valence electrons. The van der Waals surface area contributed by atoms with E-state index in [9.17, 15) is 9.90 Å². The Kier molecular flexibility index (Phi) is 3.47. The van der Waals surface area contributed by atoms with Gasteiger partial charge in [-0.25, -0.2) is 0 Å². The zero-order valence-electron chi connectivity index (χ0n) is 9.91. The highest BCUT2D eigenvalue weighted by Gasteiger charge is 2.30. The van der Waals surface area contributed by atoms with Gasteiger partial charge in [0.2, 0.25) is 0 Å². The molecule has 0 amide bonds. The summed E-state index contributed by atoms with van der Waals surface area (Å²) in [5.41, 5.74) is 0.676. The molecule has 0 bridgehead atoms. The number of aliphatic hydroxyl groups is 1. The van der Waals surface area contributed by atoms with Gasteiger partial charge >= 0.3 is 0 Å². The Bertz CT molecular complexity index is 339. The molecule has 0 aromatic rings. The molecular formula is C14H20O2. The lowest BCUT2D eigenvalue weighted by Crippen LogP contribution is -2.23. The van der Waals surface area contributed by atoms with Crippen molar-refractivity contribution < 1.29 is 9.90 Å². The summed E-state index contributed by atoms with van der Waals surface area (Å²) in [6, 6.07) is 0. The van der Waals surface area contributed by atoms with Crippen LogP contribution in [0.2, 0.25) is 0 Å². The topological polar surface area (TPSA) is 37.3 Å². The highest BCUT2D eigenvalue weighted by Crippen LogP contribution is 2.38. The summed E-state index contributed by atoms with van der Waals surface area (Å²) >= 11 is 0. The van der Waals surface area contributed by atoms with Crippen molar-refractivity contribution in [2.45, 2.75) is 45.4 Å². The summed E-state index contributed by atoms with van der Waals surface area (Å²) in [5.74, 6) is 1.07. The van der Waals surface area contributed by atoms with Gasteiger partial charge in [-0.3, -0.25) is 4.79 Å². The number of rotatable bonds is 2. The lowest BCUT2D eigenvalue weighted by molar-refractivity contribution is -0.114. The van der Waals surface area contributed by atoms with Gasteiger partial charge in [0.25, 0.3) is 0 Å². The molecule has 0 aromatic carbocycles. The fraction of sp³-hybridized carbons (Fsp3) is 0.643. The number of carbonyl (C=O) groups is 1. The van der Waals surface area contributed by atoms with Crippen molar-refractivity contribution in [2.24, 2.45) is 11.8 Å². The minimum absolute atomic E-state index is 0.0435. The van der Waals surface area contributed by atoms with Crippen molar-refractivity contribution in [3.8, 4) is 0 Å². The Morgan fingerprint density at radius 1 is 1.38 bits per heavy atom. The molecule has 2 aliphatic carbocycles. The number of Topliss-reactive ketones (excluding diaryl/α,β-unsaturated/α-hetero) is 1. The summed E-state index contributed by atoms with van der Waals surface area (Å²) in [6.45, 7) is 1.56. The molecule has 2 unspecified atom stereocenters. The molecule has 0 saturated heterocycles. The first-order chi connectivity index (χ1) is 7.70. The van der Waals surface area contributed by atoms with Gasteiger partial charge in [0.1, 0.15) is 5.76 Å². The van der Waals surface area contributed by atoms with Crippen LogP contribution in [0.3, 0.4) is 0 Å². The van der Waals surface area contributed by atoms with Gasteiger partial charge in [0.15, 0.2) is 5.78 Å². The summed E-state index contributed by atoms with van der Waals surface area (Å²) in [5, 5.41) is 10.2. The van der Waals surface area contributed by atoms with Crippen molar-refractivity contribution in [3.05, 3.63) is 23.5 Å². The van der Waals surface area contributed by atoms with E-state index >= 15 is 0 Å². The van der Waals surface area contributed by atoms with Crippen molar-refractivity contribution >= 4 is 5.78 Å². The summed E-state index contributed by atoms with van der Waals surface area (Å²) in [4.78, 5) is 11.4. The van der Waals surface area contributed by atoms with Crippen LogP contribution in [-0.2, 0) is 4.79 Å². The third-order valence-electron chi connectivity index (χ3n) is 3.84. The second-order valence-corrected chi connectivity index (χ2v) is 4.94. The van der Waals surface area contributed by atoms with E-state index in [1.54, 1.807) is 6.92 Å². The minimum atomic E-state index is 0.0435. The Morgan fingerprint density at radius 3 is 2.81 bits per heavy atom. The molecule has 0 heterocycles. The van der Waals surface area contributed by atoms with Crippen LogP contribution in [0.15, 0.2) is 23.5 Å². The molecule has 2 rings (SSSR count). The molecule has 16 heavy (non-hydrogen) atoms. The van der Waals surface area contributed by atoms with Crippen LogP contribution in [0.4, 0.5) is 0 Å². The van der Waals surface area contributed by atoms with Gasteiger partial charge in [-0.2, -0.15) is 0 Å². The normalized spacial score (nSPS) is 30.6. The number of hydrogen-bond acceptors (Lipinski definition) is 2. The first-order valence-corrected chi connectivity index (χ1v) is 6.29. The zero-order valence-corrected chi connectivity index (χ0v) is 9.91. The molecule has 0 saturated carbocycles. The van der Waals surface area contributed by atoms with Gasteiger partial charge in [-0.05, 0) is 51.4 Å². The van der Waals surface area contributed by atoms with E-state index in [1.807, 2.05) is 0 Å². The van der Waals surface area contributed by atoms with Crippen molar-refractivity contribution in [2.75, 3.05) is 0 Å². The first kappa shape index (κ1) is 11.4. The third kappa shape index (κ3) is 2.21. The maximum atomic E-state index is 11.4.